The third-order valence-corrected chi connectivity index (χ3v) is 4.80. The number of rotatable bonds is 5. The summed E-state index contributed by atoms with van der Waals surface area (Å²) in [5, 5.41) is 0. The van der Waals surface area contributed by atoms with E-state index in [1.165, 1.54) is 5.56 Å². The van der Waals surface area contributed by atoms with Gasteiger partial charge in [0.15, 0.2) is 5.76 Å². The van der Waals surface area contributed by atoms with Gasteiger partial charge < -0.3 is 13.9 Å². The van der Waals surface area contributed by atoms with Crippen molar-refractivity contribution < 1.29 is 9.21 Å². The van der Waals surface area contributed by atoms with Gasteiger partial charge in [0.2, 0.25) is 0 Å². The second kappa shape index (κ2) is 8.18. The Bertz CT molecular complexity index is 860. The number of amides is 1. The molecular formula is C20H23N5O2. The van der Waals surface area contributed by atoms with Crippen molar-refractivity contribution in [2.45, 2.75) is 19.5 Å². The maximum Gasteiger partial charge on any atom is 0.289 e. The molecule has 7 nitrogen and oxygen atoms in total. The molecule has 0 spiro atoms. The van der Waals surface area contributed by atoms with Gasteiger partial charge in [0.05, 0.1) is 12.9 Å². The zero-order valence-corrected chi connectivity index (χ0v) is 15.2. The third-order valence-electron chi connectivity index (χ3n) is 4.80. The lowest BCUT2D eigenvalue weighted by molar-refractivity contribution is 0.0727. The Morgan fingerprint density at radius 3 is 2.67 bits per heavy atom. The number of carbonyl (C=O) groups excluding carboxylic acids is 1. The topological polar surface area (TPSA) is 67.4 Å². The Kier molecular flexibility index (Phi) is 5.29. The molecule has 140 valence electrons. The molecule has 1 fully saturated rings. The monoisotopic (exact) mass is 365 g/mol. The van der Waals surface area contributed by atoms with E-state index in [4.69, 9.17) is 4.42 Å². The highest BCUT2D eigenvalue weighted by atomic mass is 16.4. The zero-order valence-electron chi connectivity index (χ0n) is 15.2. The van der Waals surface area contributed by atoms with Crippen LogP contribution in [-0.2, 0) is 13.1 Å². The van der Waals surface area contributed by atoms with Gasteiger partial charge in [-0.1, -0.05) is 0 Å². The average molecular weight is 365 g/mol. The molecule has 0 aromatic carbocycles. The van der Waals surface area contributed by atoms with Crippen molar-refractivity contribution in [1.29, 1.82) is 0 Å². The van der Waals surface area contributed by atoms with E-state index in [1.807, 2.05) is 46.3 Å². The van der Waals surface area contributed by atoms with E-state index in [1.54, 1.807) is 18.6 Å². The number of aromatic nitrogens is 3. The Labute approximate surface area is 158 Å². The van der Waals surface area contributed by atoms with Gasteiger partial charge in [-0.15, -0.1) is 0 Å². The summed E-state index contributed by atoms with van der Waals surface area (Å²) in [6, 6.07) is 7.71. The molecule has 1 aliphatic heterocycles. The molecule has 4 heterocycles. The first-order chi connectivity index (χ1) is 13.3. The summed E-state index contributed by atoms with van der Waals surface area (Å²) in [7, 11) is 0. The molecule has 4 rings (SSSR count). The van der Waals surface area contributed by atoms with Gasteiger partial charge in [0.1, 0.15) is 5.76 Å². The molecule has 0 radical (unpaired) electrons. The fourth-order valence-electron chi connectivity index (χ4n) is 3.37. The first-order valence-corrected chi connectivity index (χ1v) is 9.23. The Morgan fingerprint density at radius 1 is 0.963 bits per heavy atom. The number of carbonyl (C=O) groups is 1. The molecule has 0 aliphatic carbocycles. The second-order valence-corrected chi connectivity index (χ2v) is 6.78. The van der Waals surface area contributed by atoms with Gasteiger partial charge in [0, 0.05) is 57.5 Å². The van der Waals surface area contributed by atoms with Crippen molar-refractivity contribution in [1.82, 2.24) is 24.3 Å². The number of nitrogens with zero attached hydrogens (tertiary/aromatic N) is 5. The minimum absolute atomic E-state index is 0.0300. The van der Waals surface area contributed by atoms with Crippen LogP contribution in [0.1, 0.15) is 28.3 Å². The van der Waals surface area contributed by atoms with Crippen LogP contribution in [-0.4, -0.2) is 56.4 Å². The van der Waals surface area contributed by atoms with Crippen LogP contribution >= 0.6 is 0 Å². The molecule has 3 aromatic rings. The molecule has 1 aliphatic rings. The molecule has 0 N–H and O–H groups in total. The minimum Gasteiger partial charge on any atom is -0.454 e. The summed E-state index contributed by atoms with van der Waals surface area (Å²) >= 11 is 0. The van der Waals surface area contributed by atoms with Crippen LogP contribution < -0.4 is 0 Å². The maximum absolute atomic E-state index is 12.8. The first kappa shape index (κ1) is 17.5. The fourth-order valence-corrected chi connectivity index (χ4v) is 3.37. The van der Waals surface area contributed by atoms with Gasteiger partial charge in [0.25, 0.3) is 5.91 Å². The Balaban J connectivity index is 1.34. The number of furan rings is 1. The molecule has 1 saturated heterocycles. The molecule has 0 bridgehead atoms. The van der Waals surface area contributed by atoms with Crippen molar-refractivity contribution in [3.05, 3.63) is 72.5 Å². The molecule has 1 amide bonds. The highest BCUT2D eigenvalue weighted by Crippen LogP contribution is 2.15. The van der Waals surface area contributed by atoms with E-state index >= 15 is 0 Å². The molecule has 0 unspecified atom stereocenters. The minimum atomic E-state index is -0.0300. The second-order valence-electron chi connectivity index (χ2n) is 6.78. The number of hydrogen-bond acceptors (Lipinski definition) is 5. The van der Waals surface area contributed by atoms with Gasteiger partial charge in [-0.05, 0) is 36.2 Å². The SMILES string of the molecule is O=C(c1ccc(Cn2ccnc2)o1)N1CCCN(Cc2ccncc2)CC1. The van der Waals surface area contributed by atoms with Crippen LogP contribution in [0.3, 0.4) is 0 Å². The Morgan fingerprint density at radius 2 is 1.85 bits per heavy atom. The lowest BCUT2D eigenvalue weighted by Gasteiger charge is -2.21. The van der Waals surface area contributed by atoms with E-state index < -0.39 is 0 Å². The van der Waals surface area contributed by atoms with Crippen LogP contribution in [0.25, 0.3) is 0 Å². The number of pyridine rings is 1. The number of imidazole rings is 1. The molecule has 7 heteroatoms. The molecule has 3 aromatic heterocycles. The summed E-state index contributed by atoms with van der Waals surface area (Å²) < 4.78 is 7.69. The molecular weight excluding hydrogens is 342 g/mol. The van der Waals surface area contributed by atoms with Gasteiger partial charge in [-0.25, -0.2) is 4.98 Å². The van der Waals surface area contributed by atoms with Crippen LogP contribution in [0, 0.1) is 0 Å². The van der Waals surface area contributed by atoms with Crippen molar-refractivity contribution in [2.24, 2.45) is 0 Å². The van der Waals surface area contributed by atoms with Gasteiger partial charge in [-0.3, -0.25) is 14.7 Å². The van der Waals surface area contributed by atoms with Crippen LogP contribution in [0.4, 0.5) is 0 Å². The normalized spacial score (nSPS) is 15.6. The van der Waals surface area contributed by atoms with Crippen LogP contribution in [0.2, 0.25) is 0 Å². The fraction of sp³-hybridized carbons (Fsp3) is 0.350. The predicted molar refractivity (Wildman–Crippen MR) is 100 cm³/mol. The van der Waals surface area contributed by atoms with E-state index in [0.29, 0.717) is 18.8 Å². The summed E-state index contributed by atoms with van der Waals surface area (Å²) in [6.07, 6.45) is 9.93. The largest absolute Gasteiger partial charge is 0.454 e. The standard InChI is InChI=1S/C20H23N5O2/c26-20(19-3-2-18(27-19)15-24-11-8-22-16-24)25-10-1-9-23(12-13-25)14-17-4-6-21-7-5-17/h2-8,11,16H,1,9-10,12-15H2. The van der Waals surface area contributed by atoms with E-state index in [0.717, 1.165) is 38.4 Å². The third kappa shape index (κ3) is 4.43. The lowest BCUT2D eigenvalue weighted by Crippen LogP contribution is -2.34. The molecule has 0 atom stereocenters. The Hall–Kier alpha value is -2.93. The molecule has 27 heavy (non-hydrogen) atoms. The summed E-state index contributed by atoms with van der Waals surface area (Å²) in [5.74, 6) is 1.14. The van der Waals surface area contributed by atoms with E-state index in [-0.39, 0.29) is 5.91 Å². The average Bonchev–Trinajstić information content (AvgIpc) is 3.32. The van der Waals surface area contributed by atoms with Crippen LogP contribution in [0.15, 0.2) is 59.8 Å². The van der Waals surface area contributed by atoms with Gasteiger partial charge in [-0.2, -0.15) is 0 Å². The first-order valence-electron chi connectivity index (χ1n) is 9.23. The van der Waals surface area contributed by atoms with Crippen molar-refractivity contribution >= 4 is 5.91 Å². The summed E-state index contributed by atoms with van der Waals surface area (Å²) in [4.78, 5) is 25.2. The maximum atomic E-state index is 12.8. The highest BCUT2D eigenvalue weighted by molar-refractivity contribution is 5.91. The quantitative estimate of drug-likeness (QED) is 0.694. The molecule has 0 saturated carbocycles. The summed E-state index contributed by atoms with van der Waals surface area (Å²) in [5.41, 5.74) is 1.25. The van der Waals surface area contributed by atoms with Crippen molar-refractivity contribution in [3.63, 3.8) is 0 Å². The smallest absolute Gasteiger partial charge is 0.289 e. The van der Waals surface area contributed by atoms with Gasteiger partial charge >= 0.3 is 0 Å². The number of hydrogen-bond donors (Lipinski definition) is 0. The lowest BCUT2D eigenvalue weighted by atomic mass is 10.2. The van der Waals surface area contributed by atoms with Crippen LogP contribution in [0.5, 0.6) is 0 Å². The van der Waals surface area contributed by atoms with E-state index in [9.17, 15) is 4.79 Å². The summed E-state index contributed by atoms with van der Waals surface area (Å²) in [6.45, 7) is 4.77. The highest BCUT2D eigenvalue weighted by Gasteiger charge is 2.22. The van der Waals surface area contributed by atoms with Crippen molar-refractivity contribution in [3.8, 4) is 0 Å². The zero-order chi connectivity index (χ0) is 18.5. The predicted octanol–water partition coefficient (Wildman–Crippen LogP) is 2.27. The van der Waals surface area contributed by atoms with E-state index in [2.05, 4.69) is 14.9 Å². The van der Waals surface area contributed by atoms with Crippen molar-refractivity contribution in [2.75, 3.05) is 26.2 Å².